The topological polar surface area (TPSA) is 82.1 Å². The molecule has 3 heterocycles. The molecule has 2 N–H and O–H groups in total. The Hall–Kier alpha value is -3.43. The SMILES string of the molecule is O=C(c1nc(CO)sc1-c1ccc(F)cc1)N1CCCCC1Cc1ncc(-c2ccc(F)cc2)[nH]1. The van der Waals surface area contributed by atoms with E-state index in [0.29, 0.717) is 28.4 Å². The van der Waals surface area contributed by atoms with Crippen LogP contribution in [0.3, 0.4) is 0 Å². The van der Waals surface area contributed by atoms with E-state index in [1.807, 2.05) is 4.90 Å². The number of benzene rings is 2. The molecule has 0 radical (unpaired) electrons. The third-order valence-corrected chi connectivity index (χ3v) is 7.31. The number of aliphatic hydroxyl groups is 1. The van der Waals surface area contributed by atoms with Gasteiger partial charge in [-0.1, -0.05) is 12.1 Å². The summed E-state index contributed by atoms with van der Waals surface area (Å²) in [6.07, 6.45) is 5.00. The summed E-state index contributed by atoms with van der Waals surface area (Å²) >= 11 is 1.24. The van der Waals surface area contributed by atoms with E-state index < -0.39 is 0 Å². The lowest BCUT2D eigenvalue weighted by Gasteiger charge is -2.35. The van der Waals surface area contributed by atoms with E-state index in [1.165, 1.54) is 35.6 Å². The maximum atomic E-state index is 13.7. The standard InChI is InChI=1S/C26H24F2N4O2S/c27-18-8-4-16(5-9-18)21-14-29-22(30-21)13-20-3-1-2-12-32(20)26(34)24-25(35-23(15-33)31-24)17-6-10-19(28)11-7-17/h4-11,14,20,33H,1-3,12-13,15H2,(H,29,30). The Labute approximate surface area is 205 Å². The summed E-state index contributed by atoms with van der Waals surface area (Å²) in [5, 5.41) is 10.1. The number of amides is 1. The molecule has 6 nitrogen and oxygen atoms in total. The Morgan fingerprint density at radius 1 is 1.06 bits per heavy atom. The van der Waals surface area contributed by atoms with Crippen molar-refractivity contribution < 1.29 is 18.7 Å². The van der Waals surface area contributed by atoms with Crippen molar-refractivity contribution in [1.29, 1.82) is 0 Å². The molecule has 0 saturated carbocycles. The number of aromatic nitrogens is 3. The molecule has 1 unspecified atom stereocenters. The minimum Gasteiger partial charge on any atom is -0.389 e. The number of hydrogen-bond acceptors (Lipinski definition) is 5. The van der Waals surface area contributed by atoms with Gasteiger partial charge in [-0.05, 0) is 66.8 Å². The van der Waals surface area contributed by atoms with Gasteiger partial charge in [-0.3, -0.25) is 4.79 Å². The fourth-order valence-corrected chi connectivity index (χ4v) is 5.38. The normalized spacial score (nSPS) is 16.0. The average molecular weight is 495 g/mol. The molecule has 35 heavy (non-hydrogen) atoms. The predicted octanol–water partition coefficient (Wildman–Crippen LogP) is 5.21. The first-order chi connectivity index (χ1) is 17.0. The highest BCUT2D eigenvalue weighted by Gasteiger charge is 2.32. The molecule has 1 fully saturated rings. The molecule has 4 aromatic rings. The summed E-state index contributed by atoms with van der Waals surface area (Å²) in [6, 6.07) is 12.1. The van der Waals surface area contributed by atoms with E-state index in [1.54, 1.807) is 30.5 Å². The zero-order valence-electron chi connectivity index (χ0n) is 18.9. The molecule has 1 saturated heterocycles. The van der Waals surface area contributed by atoms with Crippen molar-refractivity contribution in [3.8, 4) is 21.7 Å². The molecule has 5 rings (SSSR count). The molecule has 2 aromatic carbocycles. The van der Waals surface area contributed by atoms with E-state index >= 15 is 0 Å². The van der Waals surface area contributed by atoms with Gasteiger partial charge < -0.3 is 15.0 Å². The molecular formula is C26H24F2N4O2S. The van der Waals surface area contributed by atoms with Gasteiger partial charge in [0, 0.05) is 19.0 Å². The molecule has 2 aromatic heterocycles. The van der Waals surface area contributed by atoms with E-state index in [-0.39, 0.29) is 35.9 Å². The molecule has 1 aliphatic rings. The maximum absolute atomic E-state index is 13.7. The Morgan fingerprint density at radius 3 is 2.43 bits per heavy atom. The van der Waals surface area contributed by atoms with Gasteiger partial charge in [0.05, 0.1) is 23.4 Å². The van der Waals surface area contributed by atoms with Crippen LogP contribution in [-0.4, -0.2) is 43.5 Å². The van der Waals surface area contributed by atoms with Crippen molar-refractivity contribution in [2.24, 2.45) is 0 Å². The third-order valence-electron chi connectivity index (χ3n) is 6.22. The van der Waals surface area contributed by atoms with Crippen molar-refractivity contribution in [3.05, 3.63) is 82.9 Å². The van der Waals surface area contributed by atoms with Crippen molar-refractivity contribution in [2.75, 3.05) is 6.54 Å². The highest BCUT2D eigenvalue weighted by atomic mass is 32.1. The van der Waals surface area contributed by atoms with E-state index in [0.717, 1.165) is 36.3 Å². The number of imidazole rings is 1. The Morgan fingerprint density at radius 2 is 1.74 bits per heavy atom. The number of hydrogen-bond donors (Lipinski definition) is 2. The maximum Gasteiger partial charge on any atom is 0.274 e. The number of rotatable bonds is 6. The Kier molecular flexibility index (Phi) is 6.70. The molecular weight excluding hydrogens is 470 g/mol. The van der Waals surface area contributed by atoms with Gasteiger partial charge in [0.25, 0.3) is 5.91 Å². The van der Waals surface area contributed by atoms with Crippen LogP contribution in [0.1, 0.15) is 40.6 Å². The van der Waals surface area contributed by atoms with Crippen LogP contribution >= 0.6 is 11.3 Å². The molecule has 0 spiro atoms. The van der Waals surface area contributed by atoms with Crippen molar-refractivity contribution in [1.82, 2.24) is 19.9 Å². The molecule has 1 atom stereocenters. The summed E-state index contributed by atoms with van der Waals surface area (Å²) in [7, 11) is 0. The first kappa shape index (κ1) is 23.3. The van der Waals surface area contributed by atoms with Gasteiger partial charge in [0.2, 0.25) is 0 Å². The molecule has 180 valence electrons. The van der Waals surface area contributed by atoms with Crippen LogP contribution in [0.2, 0.25) is 0 Å². The van der Waals surface area contributed by atoms with Gasteiger partial charge in [0.15, 0.2) is 0 Å². The number of halogens is 2. The van der Waals surface area contributed by atoms with Crippen LogP contribution in [-0.2, 0) is 13.0 Å². The smallest absolute Gasteiger partial charge is 0.274 e. The van der Waals surface area contributed by atoms with Gasteiger partial charge in [0.1, 0.15) is 28.2 Å². The summed E-state index contributed by atoms with van der Waals surface area (Å²) in [5.74, 6) is -0.100. The van der Waals surface area contributed by atoms with Crippen LogP contribution in [0.4, 0.5) is 8.78 Å². The fourth-order valence-electron chi connectivity index (χ4n) is 4.46. The lowest BCUT2D eigenvalue weighted by molar-refractivity contribution is 0.0606. The summed E-state index contributed by atoms with van der Waals surface area (Å²) in [6.45, 7) is 0.331. The number of aromatic amines is 1. The number of H-pyrrole nitrogens is 1. The monoisotopic (exact) mass is 494 g/mol. The van der Waals surface area contributed by atoms with Crippen LogP contribution in [0.5, 0.6) is 0 Å². The van der Waals surface area contributed by atoms with Crippen molar-refractivity contribution >= 4 is 17.2 Å². The molecule has 1 aliphatic heterocycles. The predicted molar refractivity (Wildman–Crippen MR) is 130 cm³/mol. The summed E-state index contributed by atoms with van der Waals surface area (Å²) < 4.78 is 26.7. The number of piperidine rings is 1. The number of thiazole rings is 1. The van der Waals surface area contributed by atoms with E-state index in [2.05, 4.69) is 15.0 Å². The number of aliphatic hydroxyl groups excluding tert-OH is 1. The van der Waals surface area contributed by atoms with Crippen LogP contribution < -0.4 is 0 Å². The first-order valence-electron chi connectivity index (χ1n) is 11.5. The minimum absolute atomic E-state index is 0.0659. The minimum atomic E-state index is -0.358. The molecule has 0 aliphatic carbocycles. The number of likely N-dealkylation sites (tertiary alicyclic amines) is 1. The summed E-state index contributed by atoms with van der Waals surface area (Å²) in [4.78, 5) is 28.4. The first-order valence-corrected chi connectivity index (χ1v) is 12.3. The Bertz CT molecular complexity index is 1320. The fraction of sp³-hybridized carbons (Fsp3) is 0.269. The highest BCUT2D eigenvalue weighted by molar-refractivity contribution is 7.15. The van der Waals surface area contributed by atoms with E-state index in [9.17, 15) is 18.7 Å². The second-order valence-electron chi connectivity index (χ2n) is 8.55. The van der Waals surface area contributed by atoms with Gasteiger partial charge in [-0.2, -0.15) is 0 Å². The zero-order valence-corrected chi connectivity index (χ0v) is 19.7. The van der Waals surface area contributed by atoms with Gasteiger partial charge >= 0.3 is 0 Å². The highest BCUT2D eigenvalue weighted by Crippen LogP contribution is 2.33. The van der Waals surface area contributed by atoms with Gasteiger partial charge in [-0.15, -0.1) is 11.3 Å². The van der Waals surface area contributed by atoms with Gasteiger partial charge in [-0.25, -0.2) is 18.7 Å². The van der Waals surface area contributed by atoms with E-state index in [4.69, 9.17) is 0 Å². The third kappa shape index (κ3) is 5.01. The number of carbonyl (C=O) groups is 1. The lowest BCUT2D eigenvalue weighted by Crippen LogP contribution is -2.45. The summed E-state index contributed by atoms with van der Waals surface area (Å²) in [5.41, 5.74) is 2.60. The number of carbonyl (C=O) groups excluding carboxylic acids is 1. The van der Waals surface area contributed by atoms with Crippen LogP contribution in [0, 0.1) is 11.6 Å². The average Bonchev–Trinajstić information content (AvgIpc) is 3.52. The quantitative estimate of drug-likeness (QED) is 0.386. The largest absolute Gasteiger partial charge is 0.389 e. The lowest BCUT2D eigenvalue weighted by atomic mass is 9.98. The molecule has 0 bridgehead atoms. The Balaban J connectivity index is 1.39. The van der Waals surface area contributed by atoms with Crippen molar-refractivity contribution in [3.63, 3.8) is 0 Å². The van der Waals surface area contributed by atoms with Crippen LogP contribution in [0.25, 0.3) is 21.7 Å². The molecule has 9 heteroatoms. The number of nitrogens with one attached hydrogen (secondary N) is 1. The molecule has 1 amide bonds. The van der Waals surface area contributed by atoms with Crippen molar-refractivity contribution in [2.45, 2.75) is 38.3 Å². The number of nitrogens with zero attached hydrogens (tertiary/aromatic N) is 3. The second-order valence-corrected chi connectivity index (χ2v) is 9.64. The zero-order chi connectivity index (χ0) is 24.4. The van der Waals surface area contributed by atoms with Crippen LogP contribution in [0.15, 0.2) is 54.7 Å². The second kappa shape index (κ2) is 10.1.